The van der Waals surface area contributed by atoms with Crippen LogP contribution < -0.4 is 0 Å². The van der Waals surface area contributed by atoms with Crippen LogP contribution in [-0.4, -0.2) is 19.6 Å². The summed E-state index contributed by atoms with van der Waals surface area (Å²) in [6.45, 7) is 0. The zero-order chi connectivity index (χ0) is 9.54. The van der Waals surface area contributed by atoms with Crippen LogP contribution in [0.1, 0.15) is 0 Å². The smallest absolute Gasteiger partial charge is 0.198 e. The van der Waals surface area contributed by atoms with Crippen LogP contribution in [0.4, 0.5) is 0 Å². The van der Waals surface area contributed by atoms with Gasteiger partial charge < -0.3 is 0 Å². The summed E-state index contributed by atoms with van der Waals surface area (Å²) in [5.74, 6) is 0. The fourth-order valence-corrected chi connectivity index (χ4v) is 1.69. The normalized spacial score (nSPS) is 11.2. The Labute approximate surface area is 84.2 Å². The number of hydrogen-bond acceptors (Lipinski definition) is 3. The molecule has 0 spiro atoms. The van der Waals surface area contributed by atoms with E-state index < -0.39 is 0 Å². The van der Waals surface area contributed by atoms with Crippen LogP contribution in [0.25, 0.3) is 16.7 Å². The second-order valence-corrected chi connectivity index (χ2v) is 3.27. The first kappa shape index (κ1) is 7.70. The molecule has 0 aliphatic rings. The fraction of sp³-hybridized carbons (Fsp3) is 0. The summed E-state index contributed by atoms with van der Waals surface area (Å²) in [7, 11) is 0. The van der Waals surface area contributed by atoms with Crippen molar-refractivity contribution in [2.45, 2.75) is 0 Å². The fourth-order valence-electron chi connectivity index (χ4n) is 1.47. The van der Waals surface area contributed by atoms with Gasteiger partial charge in [0.25, 0.3) is 0 Å². The summed E-state index contributed by atoms with van der Waals surface area (Å²) in [6.07, 6.45) is 1.63. The van der Waals surface area contributed by atoms with Crippen LogP contribution in [-0.2, 0) is 0 Å². The number of para-hydroxylation sites is 2. The molecule has 0 N–H and O–H groups in total. The van der Waals surface area contributed by atoms with E-state index in [1.165, 1.54) is 0 Å². The van der Waals surface area contributed by atoms with Gasteiger partial charge in [-0.2, -0.15) is 0 Å². The number of hydrogen-bond donors (Lipinski definition) is 0. The van der Waals surface area contributed by atoms with Crippen molar-refractivity contribution in [3.05, 3.63) is 35.7 Å². The highest BCUT2D eigenvalue weighted by atomic mass is 35.5. The van der Waals surface area contributed by atoms with Crippen molar-refractivity contribution in [3.63, 3.8) is 0 Å². The van der Waals surface area contributed by atoms with Crippen molar-refractivity contribution in [2.75, 3.05) is 0 Å². The van der Waals surface area contributed by atoms with Gasteiger partial charge in [-0.05, 0) is 12.1 Å². The zero-order valence-corrected chi connectivity index (χ0v) is 7.81. The Balaban J connectivity index is 2.66. The van der Waals surface area contributed by atoms with Gasteiger partial charge in [-0.25, -0.2) is 4.98 Å². The quantitative estimate of drug-likeness (QED) is 0.562. The predicted octanol–water partition coefficient (Wildman–Crippen LogP) is 1.93. The lowest BCUT2D eigenvalue weighted by Crippen LogP contribution is -1.91. The Morgan fingerprint density at radius 3 is 3.00 bits per heavy atom. The van der Waals surface area contributed by atoms with Gasteiger partial charge in [-0.1, -0.05) is 23.7 Å². The Bertz CT molecular complexity index is 616. The average molecular weight is 205 g/mol. The molecule has 0 aliphatic heterocycles. The van der Waals surface area contributed by atoms with Gasteiger partial charge in [0.15, 0.2) is 10.8 Å². The summed E-state index contributed by atoms with van der Waals surface area (Å²) in [4.78, 5) is 4.22. The number of nitrogens with zero attached hydrogens (tertiary/aromatic N) is 4. The van der Waals surface area contributed by atoms with E-state index in [1.807, 2.05) is 28.7 Å². The number of benzene rings is 1. The summed E-state index contributed by atoms with van der Waals surface area (Å²) in [5.41, 5.74) is 2.38. The molecule has 0 fully saturated rings. The van der Waals surface area contributed by atoms with E-state index in [9.17, 15) is 0 Å². The molecule has 68 valence electrons. The minimum Gasteiger partial charge on any atom is -0.277 e. The first-order chi connectivity index (χ1) is 6.86. The highest BCUT2D eigenvalue weighted by Crippen LogP contribution is 2.18. The highest BCUT2D eigenvalue weighted by molar-refractivity contribution is 6.32. The number of aromatic nitrogens is 4. The Morgan fingerprint density at radius 1 is 1.21 bits per heavy atom. The minimum absolute atomic E-state index is 0.376. The first-order valence-electron chi connectivity index (χ1n) is 4.10. The molecule has 3 aromatic rings. The zero-order valence-electron chi connectivity index (χ0n) is 7.05. The summed E-state index contributed by atoms with van der Waals surface area (Å²) in [5, 5.41) is 8.06. The van der Waals surface area contributed by atoms with E-state index >= 15 is 0 Å². The van der Waals surface area contributed by atoms with Crippen molar-refractivity contribution in [1.29, 1.82) is 0 Å². The van der Waals surface area contributed by atoms with E-state index in [-0.39, 0.29) is 0 Å². The number of rotatable bonds is 0. The Kier molecular flexibility index (Phi) is 1.46. The van der Waals surface area contributed by atoms with Crippen LogP contribution in [0.2, 0.25) is 5.15 Å². The number of halogens is 1. The highest BCUT2D eigenvalue weighted by Gasteiger charge is 2.06. The van der Waals surface area contributed by atoms with Crippen molar-refractivity contribution < 1.29 is 0 Å². The van der Waals surface area contributed by atoms with Crippen molar-refractivity contribution in [3.8, 4) is 0 Å². The van der Waals surface area contributed by atoms with Gasteiger partial charge >= 0.3 is 0 Å². The van der Waals surface area contributed by atoms with Crippen LogP contribution >= 0.6 is 11.6 Å². The Morgan fingerprint density at radius 2 is 2.07 bits per heavy atom. The molecule has 4 nitrogen and oxygen atoms in total. The average Bonchev–Trinajstić information content (AvgIpc) is 2.67. The third-order valence-corrected chi connectivity index (χ3v) is 2.35. The maximum atomic E-state index is 5.94. The standard InChI is InChI=1S/C9H5ClN4/c10-8-9-13-11-5-14(9)7-4-2-1-3-6(7)12-8/h1-5H. The lowest BCUT2D eigenvalue weighted by Gasteiger charge is -2.00. The van der Waals surface area contributed by atoms with Crippen molar-refractivity contribution >= 4 is 28.3 Å². The molecule has 0 atom stereocenters. The molecular weight excluding hydrogens is 200 g/mol. The molecule has 2 heterocycles. The lowest BCUT2D eigenvalue weighted by molar-refractivity contribution is 1.11. The van der Waals surface area contributed by atoms with E-state index in [0.717, 1.165) is 11.0 Å². The minimum atomic E-state index is 0.376. The van der Waals surface area contributed by atoms with Crippen molar-refractivity contribution in [1.82, 2.24) is 19.6 Å². The monoisotopic (exact) mass is 204 g/mol. The van der Waals surface area contributed by atoms with Gasteiger partial charge in [0, 0.05) is 0 Å². The van der Waals surface area contributed by atoms with Crippen LogP contribution in [0.15, 0.2) is 30.6 Å². The molecule has 3 rings (SSSR count). The van der Waals surface area contributed by atoms with Gasteiger partial charge in [-0.3, -0.25) is 4.40 Å². The molecule has 1 aromatic carbocycles. The van der Waals surface area contributed by atoms with Crippen molar-refractivity contribution in [2.24, 2.45) is 0 Å². The summed E-state index contributed by atoms with van der Waals surface area (Å²) < 4.78 is 1.82. The molecule has 0 bridgehead atoms. The second-order valence-electron chi connectivity index (χ2n) is 2.92. The van der Waals surface area contributed by atoms with Gasteiger partial charge in [0.05, 0.1) is 11.0 Å². The number of fused-ring (bicyclic) bond motifs is 3. The topological polar surface area (TPSA) is 43.1 Å². The Hall–Kier alpha value is -1.68. The molecule has 5 heteroatoms. The summed E-state index contributed by atoms with van der Waals surface area (Å²) >= 11 is 5.94. The third kappa shape index (κ3) is 0.914. The first-order valence-corrected chi connectivity index (χ1v) is 4.48. The third-order valence-electron chi connectivity index (χ3n) is 2.09. The molecule has 0 aliphatic carbocycles. The van der Waals surface area contributed by atoms with E-state index in [2.05, 4.69) is 15.2 Å². The second kappa shape index (κ2) is 2.65. The van der Waals surface area contributed by atoms with Gasteiger partial charge in [-0.15, -0.1) is 10.2 Å². The van der Waals surface area contributed by atoms with Crippen LogP contribution in [0, 0.1) is 0 Å². The molecular formula is C9H5ClN4. The molecule has 14 heavy (non-hydrogen) atoms. The molecule has 0 saturated heterocycles. The maximum Gasteiger partial charge on any atom is 0.198 e. The molecule has 2 aromatic heterocycles. The predicted molar refractivity (Wildman–Crippen MR) is 53.3 cm³/mol. The van der Waals surface area contributed by atoms with Gasteiger partial charge in [0.1, 0.15) is 6.33 Å². The SMILES string of the molecule is Clc1nc2ccccc2n2cnnc12. The van der Waals surface area contributed by atoms with Crippen LogP contribution in [0.5, 0.6) is 0 Å². The molecule has 0 saturated carbocycles. The van der Waals surface area contributed by atoms with Gasteiger partial charge in [0.2, 0.25) is 0 Å². The van der Waals surface area contributed by atoms with E-state index in [1.54, 1.807) is 6.33 Å². The molecule has 0 amide bonds. The van der Waals surface area contributed by atoms with E-state index in [4.69, 9.17) is 11.6 Å². The molecule has 0 unspecified atom stereocenters. The maximum absolute atomic E-state index is 5.94. The summed E-state index contributed by atoms with van der Waals surface area (Å²) in [6, 6.07) is 7.72. The molecule has 0 radical (unpaired) electrons. The largest absolute Gasteiger partial charge is 0.277 e. The lowest BCUT2D eigenvalue weighted by atomic mass is 10.3. The van der Waals surface area contributed by atoms with E-state index in [0.29, 0.717) is 10.8 Å². The van der Waals surface area contributed by atoms with Crippen LogP contribution in [0.3, 0.4) is 0 Å².